The van der Waals surface area contributed by atoms with Crippen LogP contribution in [-0.4, -0.2) is 16.0 Å². The van der Waals surface area contributed by atoms with Crippen molar-refractivity contribution in [2.45, 2.75) is 39.5 Å². The summed E-state index contributed by atoms with van der Waals surface area (Å²) < 4.78 is 0. The highest BCUT2D eigenvalue weighted by Crippen LogP contribution is 2.44. The number of phenolic OH excluding ortho intramolecular Hbond substituents is 2. The lowest BCUT2D eigenvalue weighted by molar-refractivity contribution is 0.101. The first-order chi connectivity index (χ1) is 9.82. The fraction of sp³-hybridized carbons (Fsp3) is 0.389. The van der Waals surface area contributed by atoms with Crippen molar-refractivity contribution in [2.24, 2.45) is 5.92 Å². The van der Waals surface area contributed by atoms with Crippen LogP contribution in [-0.2, 0) is 0 Å². The highest BCUT2D eigenvalue weighted by atomic mass is 16.3. The van der Waals surface area contributed by atoms with Gasteiger partial charge in [0.2, 0.25) is 0 Å². The highest BCUT2D eigenvalue weighted by molar-refractivity contribution is 5.99. The summed E-state index contributed by atoms with van der Waals surface area (Å²) in [6.45, 7) is 9.47. The SMILES string of the molecule is C=C(C)[C@@H]1CCC(C)=C[C@H]1c1ccc(O)c(C(C)=O)c1O. The van der Waals surface area contributed by atoms with E-state index in [1.165, 1.54) is 18.6 Å². The van der Waals surface area contributed by atoms with Crippen LogP contribution in [0.25, 0.3) is 0 Å². The van der Waals surface area contributed by atoms with E-state index in [-0.39, 0.29) is 34.7 Å². The van der Waals surface area contributed by atoms with Crippen molar-refractivity contribution in [1.29, 1.82) is 0 Å². The van der Waals surface area contributed by atoms with E-state index in [0.717, 1.165) is 18.4 Å². The Hall–Kier alpha value is -2.03. The topological polar surface area (TPSA) is 57.5 Å². The monoisotopic (exact) mass is 286 g/mol. The van der Waals surface area contributed by atoms with Crippen LogP contribution in [0.3, 0.4) is 0 Å². The number of ketones is 1. The average molecular weight is 286 g/mol. The molecule has 3 nitrogen and oxygen atoms in total. The van der Waals surface area contributed by atoms with Crippen molar-refractivity contribution in [3.8, 4) is 11.5 Å². The Balaban J connectivity index is 2.59. The third kappa shape index (κ3) is 2.87. The van der Waals surface area contributed by atoms with Gasteiger partial charge in [-0.05, 0) is 45.6 Å². The maximum Gasteiger partial charge on any atom is 0.167 e. The molecule has 0 spiro atoms. The molecule has 0 saturated heterocycles. The molecule has 3 heteroatoms. The van der Waals surface area contributed by atoms with Gasteiger partial charge < -0.3 is 10.2 Å². The zero-order chi connectivity index (χ0) is 15.7. The summed E-state index contributed by atoms with van der Waals surface area (Å²) in [6.07, 6.45) is 4.14. The second kappa shape index (κ2) is 5.76. The molecule has 0 saturated carbocycles. The molecule has 112 valence electrons. The number of carbonyl (C=O) groups excluding carboxylic acids is 1. The number of rotatable bonds is 3. The molecule has 2 rings (SSSR count). The maximum atomic E-state index is 11.6. The van der Waals surface area contributed by atoms with E-state index < -0.39 is 0 Å². The number of carbonyl (C=O) groups is 1. The minimum Gasteiger partial charge on any atom is -0.507 e. The van der Waals surface area contributed by atoms with Gasteiger partial charge in [0.05, 0.1) is 0 Å². The van der Waals surface area contributed by atoms with Gasteiger partial charge >= 0.3 is 0 Å². The Kier molecular flexibility index (Phi) is 4.21. The molecule has 0 aliphatic heterocycles. The van der Waals surface area contributed by atoms with Crippen molar-refractivity contribution in [3.05, 3.63) is 47.1 Å². The fourth-order valence-corrected chi connectivity index (χ4v) is 3.14. The molecule has 1 aromatic carbocycles. The summed E-state index contributed by atoms with van der Waals surface area (Å²) in [6, 6.07) is 3.19. The van der Waals surface area contributed by atoms with E-state index in [4.69, 9.17) is 0 Å². The van der Waals surface area contributed by atoms with Crippen LogP contribution < -0.4 is 0 Å². The third-order valence-corrected chi connectivity index (χ3v) is 4.28. The van der Waals surface area contributed by atoms with E-state index in [9.17, 15) is 15.0 Å². The Morgan fingerprint density at radius 2 is 1.95 bits per heavy atom. The summed E-state index contributed by atoms with van der Waals surface area (Å²) in [4.78, 5) is 11.6. The second-order valence-corrected chi connectivity index (χ2v) is 5.98. The Morgan fingerprint density at radius 3 is 2.52 bits per heavy atom. The summed E-state index contributed by atoms with van der Waals surface area (Å²) >= 11 is 0. The van der Waals surface area contributed by atoms with Gasteiger partial charge in [-0.15, -0.1) is 0 Å². The molecular formula is C18H22O3. The molecule has 1 aliphatic carbocycles. The van der Waals surface area contributed by atoms with E-state index >= 15 is 0 Å². The van der Waals surface area contributed by atoms with Crippen molar-refractivity contribution < 1.29 is 15.0 Å². The first kappa shape index (κ1) is 15.4. The minimum absolute atomic E-state index is 0.00425. The third-order valence-electron chi connectivity index (χ3n) is 4.28. The van der Waals surface area contributed by atoms with Crippen molar-refractivity contribution in [2.75, 3.05) is 0 Å². The molecule has 21 heavy (non-hydrogen) atoms. The minimum atomic E-state index is -0.338. The van der Waals surface area contributed by atoms with Crippen molar-refractivity contribution in [3.63, 3.8) is 0 Å². The van der Waals surface area contributed by atoms with E-state index in [1.54, 1.807) is 6.07 Å². The highest BCUT2D eigenvalue weighted by Gasteiger charge is 2.29. The first-order valence-electron chi connectivity index (χ1n) is 7.21. The van der Waals surface area contributed by atoms with Crippen molar-refractivity contribution >= 4 is 5.78 Å². The molecule has 0 amide bonds. The smallest absolute Gasteiger partial charge is 0.167 e. The number of allylic oxidation sites excluding steroid dienone is 3. The Morgan fingerprint density at radius 1 is 1.29 bits per heavy atom. The van der Waals surface area contributed by atoms with Crippen LogP contribution >= 0.6 is 0 Å². The lowest BCUT2D eigenvalue weighted by atomic mass is 9.73. The molecule has 0 unspecified atom stereocenters. The molecule has 0 heterocycles. The van der Waals surface area contributed by atoms with Gasteiger partial charge in [0.1, 0.15) is 17.1 Å². The van der Waals surface area contributed by atoms with E-state index in [1.807, 2.05) is 6.92 Å². The van der Waals surface area contributed by atoms with Crippen LogP contribution in [0.15, 0.2) is 35.9 Å². The van der Waals surface area contributed by atoms with Gasteiger partial charge in [-0.25, -0.2) is 0 Å². The van der Waals surface area contributed by atoms with Gasteiger partial charge in [0, 0.05) is 11.5 Å². The molecular weight excluding hydrogens is 264 g/mol. The van der Waals surface area contributed by atoms with Crippen molar-refractivity contribution in [1.82, 2.24) is 0 Å². The summed E-state index contributed by atoms with van der Waals surface area (Å²) in [7, 11) is 0. The fourth-order valence-electron chi connectivity index (χ4n) is 3.14. The molecule has 0 aromatic heterocycles. The zero-order valence-electron chi connectivity index (χ0n) is 12.8. The quantitative estimate of drug-likeness (QED) is 0.642. The number of hydrogen-bond donors (Lipinski definition) is 2. The number of hydrogen-bond acceptors (Lipinski definition) is 3. The number of aromatic hydroxyl groups is 2. The molecule has 0 bridgehead atoms. The first-order valence-corrected chi connectivity index (χ1v) is 7.21. The second-order valence-electron chi connectivity index (χ2n) is 5.98. The Bertz CT molecular complexity index is 626. The van der Waals surface area contributed by atoms with Gasteiger partial charge in [0.25, 0.3) is 0 Å². The van der Waals surface area contributed by atoms with Gasteiger partial charge in [-0.2, -0.15) is 0 Å². The molecule has 1 aromatic rings. The summed E-state index contributed by atoms with van der Waals surface area (Å²) in [5, 5.41) is 20.2. The largest absolute Gasteiger partial charge is 0.507 e. The maximum absolute atomic E-state index is 11.6. The number of phenols is 2. The van der Waals surface area contributed by atoms with E-state index in [2.05, 4.69) is 19.6 Å². The normalized spacial score (nSPS) is 21.8. The lowest BCUT2D eigenvalue weighted by Crippen LogP contribution is -2.17. The lowest BCUT2D eigenvalue weighted by Gasteiger charge is -2.31. The van der Waals surface area contributed by atoms with Crippen LogP contribution in [0.5, 0.6) is 11.5 Å². The predicted octanol–water partition coefficient (Wildman–Crippen LogP) is 4.32. The summed E-state index contributed by atoms with van der Waals surface area (Å²) in [5.41, 5.74) is 3.03. The Labute approximate surface area is 125 Å². The average Bonchev–Trinajstić information content (AvgIpc) is 2.37. The number of benzene rings is 1. The van der Waals surface area contributed by atoms with Crippen LogP contribution in [0.4, 0.5) is 0 Å². The summed E-state index contributed by atoms with van der Waals surface area (Å²) in [5.74, 6) is -0.383. The van der Waals surface area contributed by atoms with Gasteiger partial charge in [0.15, 0.2) is 5.78 Å². The van der Waals surface area contributed by atoms with Gasteiger partial charge in [-0.3, -0.25) is 4.79 Å². The standard InChI is InChI=1S/C18H22O3/c1-10(2)13-6-5-11(3)9-15(13)14-7-8-16(20)17(12(4)19)18(14)21/h7-9,13,15,20-21H,1,5-6H2,2-4H3/t13-,15+/m0/s1. The molecule has 1 aliphatic rings. The zero-order valence-corrected chi connectivity index (χ0v) is 12.8. The molecule has 0 fully saturated rings. The predicted molar refractivity (Wildman–Crippen MR) is 83.8 cm³/mol. The van der Waals surface area contributed by atoms with E-state index in [0.29, 0.717) is 5.56 Å². The van der Waals surface area contributed by atoms with Crippen LogP contribution in [0, 0.1) is 5.92 Å². The number of Topliss-reactive ketones (excluding diaryl/α,β-unsaturated/α-hetero) is 1. The molecule has 2 N–H and O–H groups in total. The molecule has 0 radical (unpaired) electrons. The van der Waals surface area contributed by atoms with Crippen LogP contribution in [0.1, 0.15) is 55.5 Å². The van der Waals surface area contributed by atoms with Crippen LogP contribution in [0.2, 0.25) is 0 Å². The molecule has 2 atom stereocenters. The van der Waals surface area contributed by atoms with Gasteiger partial charge in [-0.1, -0.05) is 29.9 Å².